The van der Waals surface area contributed by atoms with Gasteiger partial charge in [-0.2, -0.15) is 9.57 Å². The van der Waals surface area contributed by atoms with Crippen molar-refractivity contribution in [1.29, 1.82) is 5.26 Å². The molecule has 1 N–H and O–H groups in total. The molecule has 7 nitrogen and oxygen atoms in total. The Kier molecular flexibility index (Phi) is 4.01. The van der Waals surface area contributed by atoms with Crippen molar-refractivity contribution in [2.24, 2.45) is 0 Å². The predicted octanol–water partition coefficient (Wildman–Crippen LogP) is -0.148. The van der Waals surface area contributed by atoms with E-state index in [2.05, 4.69) is 10.3 Å². The van der Waals surface area contributed by atoms with Crippen LogP contribution in [0.3, 0.4) is 0 Å². The molecule has 1 aliphatic rings. The molecule has 20 heavy (non-hydrogen) atoms. The SMILES string of the molecule is CNC(=O)C1CCCN1S(=O)(=O)c1ccc(C#N)nc1. The largest absolute Gasteiger partial charge is 0.358 e. The fraction of sp³-hybridized carbons (Fsp3) is 0.417. The highest BCUT2D eigenvalue weighted by Gasteiger charge is 2.39. The maximum atomic E-state index is 12.5. The lowest BCUT2D eigenvalue weighted by Crippen LogP contribution is -2.44. The van der Waals surface area contributed by atoms with E-state index in [1.54, 1.807) is 0 Å². The van der Waals surface area contributed by atoms with Gasteiger partial charge >= 0.3 is 0 Å². The van der Waals surface area contributed by atoms with Gasteiger partial charge in [-0.05, 0) is 25.0 Å². The van der Waals surface area contributed by atoms with Crippen molar-refractivity contribution in [1.82, 2.24) is 14.6 Å². The molecule has 0 bridgehead atoms. The van der Waals surface area contributed by atoms with Crippen LogP contribution in [0.15, 0.2) is 23.2 Å². The van der Waals surface area contributed by atoms with Gasteiger partial charge in [0.2, 0.25) is 15.9 Å². The average Bonchev–Trinajstić information content (AvgIpc) is 2.96. The van der Waals surface area contributed by atoms with Crippen LogP contribution in [0, 0.1) is 11.3 Å². The second-order valence-electron chi connectivity index (χ2n) is 4.38. The molecule has 1 fully saturated rings. The Balaban J connectivity index is 2.34. The second kappa shape index (κ2) is 5.56. The van der Waals surface area contributed by atoms with E-state index in [0.29, 0.717) is 19.4 Å². The van der Waals surface area contributed by atoms with Gasteiger partial charge in [0.15, 0.2) is 0 Å². The number of rotatable bonds is 3. The van der Waals surface area contributed by atoms with Gasteiger partial charge in [-0.15, -0.1) is 0 Å². The van der Waals surface area contributed by atoms with Crippen LogP contribution < -0.4 is 5.32 Å². The van der Waals surface area contributed by atoms with Crippen molar-refractivity contribution in [2.45, 2.75) is 23.8 Å². The normalized spacial score (nSPS) is 19.5. The summed E-state index contributed by atoms with van der Waals surface area (Å²) in [6, 6.07) is 3.83. The number of hydrogen-bond donors (Lipinski definition) is 1. The highest BCUT2D eigenvalue weighted by Crippen LogP contribution is 2.25. The molecular formula is C12H14N4O3S. The summed E-state index contributed by atoms with van der Waals surface area (Å²) in [6.07, 6.45) is 2.29. The molecule has 0 spiro atoms. The van der Waals surface area contributed by atoms with Crippen LogP contribution in [0.5, 0.6) is 0 Å². The fourth-order valence-electron chi connectivity index (χ4n) is 2.19. The van der Waals surface area contributed by atoms with Crippen molar-refractivity contribution < 1.29 is 13.2 Å². The van der Waals surface area contributed by atoms with Crippen LogP contribution in [0.25, 0.3) is 0 Å². The van der Waals surface area contributed by atoms with Crippen molar-refractivity contribution in [3.05, 3.63) is 24.0 Å². The molecular weight excluding hydrogens is 280 g/mol. The lowest BCUT2D eigenvalue weighted by atomic mass is 10.2. The topological polar surface area (TPSA) is 103 Å². The molecule has 106 valence electrons. The maximum absolute atomic E-state index is 12.5. The van der Waals surface area contributed by atoms with E-state index in [1.807, 2.05) is 6.07 Å². The van der Waals surface area contributed by atoms with Crippen LogP contribution in [0.4, 0.5) is 0 Å². The summed E-state index contributed by atoms with van der Waals surface area (Å²) in [5.41, 5.74) is 0.147. The zero-order chi connectivity index (χ0) is 14.8. The van der Waals surface area contributed by atoms with Gasteiger partial charge < -0.3 is 5.32 Å². The van der Waals surface area contributed by atoms with Gasteiger partial charge in [-0.3, -0.25) is 4.79 Å². The first-order chi connectivity index (χ1) is 9.50. The number of pyridine rings is 1. The van der Waals surface area contributed by atoms with Crippen LogP contribution >= 0.6 is 0 Å². The number of amides is 1. The molecule has 0 aliphatic carbocycles. The third-order valence-corrected chi connectivity index (χ3v) is 5.10. The number of carbonyl (C=O) groups excluding carboxylic acids is 1. The summed E-state index contributed by atoms with van der Waals surface area (Å²) < 4.78 is 26.2. The molecule has 0 radical (unpaired) electrons. The Hall–Kier alpha value is -1.98. The summed E-state index contributed by atoms with van der Waals surface area (Å²) in [5.74, 6) is -0.312. The number of sulfonamides is 1. The third kappa shape index (κ3) is 2.50. The van der Waals surface area contributed by atoms with E-state index in [4.69, 9.17) is 5.26 Å². The van der Waals surface area contributed by atoms with Crippen LogP contribution in [0.2, 0.25) is 0 Å². The molecule has 0 aromatic carbocycles. The first-order valence-electron chi connectivity index (χ1n) is 6.10. The number of likely N-dealkylation sites (N-methyl/N-ethyl adjacent to an activating group) is 1. The molecule has 0 saturated carbocycles. The fourth-order valence-corrected chi connectivity index (χ4v) is 3.79. The molecule has 8 heteroatoms. The number of hydrogen-bond acceptors (Lipinski definition) is 5. The molecule has 1 unspecified atom stereocenters. The molecule has 2 heterocycles. The minimum absolute atomic E-state index is 0.00713. The summed E-state index contributed by atoms with van der Waals surface area (Å²) >= 11 is 0. The number of nitriles is 1. The Morgan fingerprint density at radius 2 is 2.30 bits per heavy atom. The predicted molar refractivity (Wildman–Crippen MR) is 69.9 cm³/mol. The smallest absolute Gasteiger partial charge is 0.245 e. The molecule has 1 saturated heterocycles. The maximum Gasteiger partial charge on any atom is 0.245 e. The summed E-state index contributed by atoms with van der Waals surface area (Å²) in [4.78, 5) is 15.5. The van der Waals surface area contributed by atoms with E-state index in [-0.39, 0.29) is 16.5 Å². The number of nitrogens with zero attached hydrogens (tertiary/aromatic N) is 3. The van der Waals surface area contributed by atoms with Gasteiger partial charge in [0, 0.05) is 19.8 Å². The Morgan fingerprint density at radius 3 is 2.85 bits per heavy atom. The molecule has 2 rings (SSSR count). The van der Waals surface area contributed by atoms with Crippen molar-refractivity contribution in [2.75, 3.05) is 13.6 Å². The average molecular weight is 294 g/mol. The monoisotopic (exact) mass is 294 g/mol. The molecule has 1 amide bonds. The second-order valence-corrected chi connectivity index (χ2v) is 6.27. The van der Waals surface area contributed by atoms with Crippen LogP contribution in [-0.2, 0) is 14.8 Å². The zero-order valence-electron chi connectivity index (χ0n) is 10.9. The van der Waals surface area contributed by atoms with Crippen molar-refractivity contribution >= 4 is 15.9 Å². The van der Waals surface area contributed by atoms with Crippen molar-refractivity contribution in [3.8, 4) is 6.07 Å². The zero-order valence-corrected chi connectivity index (χ0v) is 11.7. The molecule has 1 atom stereocenters. The number of carbonyl (C=O) groups is 1. The summed E-state index contributed by atoms with van der Waals surface area (Å²) in [6.45, 7) is 0.306. The van der Waals surface area contributed by atoms with Crippen molar-refractivity contribution in [3.63, 3.8) is 0 Å². The Labute approximate surface area is 117 Å². The summed E-state index contributed by atoms with van der Waals surface area (Å²) in [7, 11) is -2.29. The Bertz CT molecular complexity index is 648. The quantitative estimate of drug-likeness (QED) is 0.835. The molecule has 1 aliphatic heterocycles. The molecule has 1 aromatic heterocycles. The van der Waals surface area contributed by atoms with Gasteiger partial charge in [0.1, 0.15) is 22.7 Å². The number of aromatic nitrogens is 1. The lowest BCUT2D eigenvalue weighted by molar-refractivity contribution is -0.123. The van der Waals surface area contributed by atoms with E-state index in [1.165, 1.54) is 23.5 Å². The van der Waals surface area contributed by atoms with Crippen LogP contribution in [-0.4, -0.2) is 43.2 Å². The minimum Gasteiger partial charge on any atom is -0.358 e. The van der Waals surface area contributed by atoms with E-state index < -0.39 is 16.1 Å². The van der Waals surface area contributed by atoms with Gasteiger partial charge in [-0.1, -0.05) is 0 Å². The summed E-state index contributed by atoms with van der Waals surface area (Å²) in [5, 5.41) is 11.1. The van der Waals surface area contributed by atoms with E-state index in [0.717, 1.165) is 6.20 Å². The highest BCUT2D eigenvalue weighted by atomic mass is 32.2. The van der Waals surface area contributed by atoms with Gasteiger partial charge in [0.25, 0.3) is 0 Å². The lowest BCUT2D eigenvalue weighted by Gasteiger charge is -2.22. The van der Waals surface area contributed by atoms with E-state index >= 15 is 0 Å². The first-order valence-corrected chi connectivity index (χ1v) is 7.54. The highest BCUT2D eigenvalue weighted by molar-refractivity contribution is 7.89. The van der Waals surface area contributed by atoms with Gasteiger partial charge in [0.05, 0.1) is 0 Å². The Morgan fingerprint density at radius 1 is 1.55 bits per heavy atom. The standard InChI is InChI=1S/C12H14N4O3S/c1-14-12(17)11-3-2-6-16(11)20(18,19)10-5-4-9(7-13)15-8-10/h4-5,8,11H,2-3,6H2,1H3,(H,14,17). The number of nitrogens with one attached hydrogen (secondary N) is 1. The minimum atomic E-state index is -3.77. The van der Waals surface area contributed by atoms with Crippen LogP contribution in [0.1, 0.15) is 18.5 Å². The van der Waals surface area contributed by atoms with E-state index in [9.17, 15) is 13.2 Å². The first kappa shape index (κ1) is 14.4. The van der Waals surface area contributed by atoms with Gasteiger partial charge in [-0.25, -0.2) is 13.4 Å². The third-order valence-electron chi connectivity index (χ3n) is 3.21. The molecule has 1 aromatic rings.